The van der Waals surface area contributed by atoms with Gasteiger partial charge in [0.2, 0.25) is 0 Å². The Morgan fingerprint density at radius 1 is 1.07 bits per heavy atom. The highest BCUT2D eigenvalue weighted by atomic mass is 35.5. The number of carbonyl (C=O) groups is 2. The Bertz CT molecular complexity index is 736. The summed E-state index contributed by atoms with van der Waals surface area (Å²) >= 11 is 6.39. The van der Waals surface area contributed by atoms with Crippen molar-refractivity contribution >= 4 is 23.4 Å². The number of halogens is 1. The number of nitrogens with one attached hydrogen (secondary N) is 1. The Morgan fingerprint density at radius 3 is 2.48 bits per heavy atom. The number of ether oxygens (including phenoxy) is 2. The minimum atomic E-state index is -0.259. The Labute approximate surface area is 176 Å². The van der Waals surface area contributed by atoms with Crippen LogP contribution >= 0.6 is 11.6 Å². The van der Waals surface area contributed by atoms with Gasteiger partial charge in [0.05, 0.1) is 5.02 Å². The van der Waals surface area contributed by atoms with Crippen molar-refractivity contribution in [2.24, 2.45) is 0 Å². The zero-order valence-corrected chi connectivity index (χ0v) is 17.5. The molecule has 158 valence electrons. The minimum Gasteiger partial charge on any atom is -0.489 e. The Hall–Kier alpha value is -1.79. The molecule has 3 aliphatic rings. The van der Waals surface area contributed by atoms with Gasteiger partial charge < -0.3 is 19.7 Å². The molecule has 3 fully saturated rings. The van der Waals surface area contributed by atoms with Gasteiger partial charge in [-0.15, -0.1) is 0 Å². The number of hydrogen-bond donors (Lipinski definition) is 1. The first-order valence-corrected chi connectivity index (χ1v) is 11.2. The summed E-state index contributed by atoms with van der Waals surface area (Å²) in [4.78, 5) is 26.7. The third-order valence-electron chi connectivity index (χ3n) is 6.14. The first-order chi connectivity index (χ1) is 14.1. The molecule has 0 radical (unpaired) electrons. The van der Waals surface area contributed by atoms with Crippen LogP contribution in [0.25, 0.3) is 0 Å². The molecule has 0 unspecified atom stereocenters. The van der Waals surface area contributed by atoms with Crippen LogP contribution in [-0.4, -0.2) is 54.7 Å². The second kappa shape index (κ2) is 9.35. The van der Waals surface area contributed by atoms with Crippen molar-refractivity contribution in [1.29, 1.82) is 0 Å². The average molecular weight is 421 g/mol. The summed E-state index contributed by atoms with van der Waals surface area (Å²) < 4.78 is 11.6. The maximum Gasteiger partial charge on any atom is 0.251 e. The van der Waals surface area contributed by atoms with Crippen molar-refractivity contribution in [2.75, 3.05) is 19.7 Å². The maximum atomic E-state index is 12.4. The summed E-state index contributed by atoms with van der Waals surface area (Å²) in [5.41, 5.74) is 0.561. The van der Waals surface area contributed by atoms with Crippen LogP contribution < -0.4 is 10.1 Å². The van der Waals surface area contributed by atoms with Gasteiger partial charge in [0, 0.05) is 44.1 Å². The van der Waals surface area contributed by atoms with Crippen molar-refractivity contribution in [3.8, 4) is 5.75 Å². The third kappa shape index (κ3) is 5.04. The Morgan fingerprint density at radius 2 is 1.83 bits per heavy atom. The predicted octanol–water partition coefficient (Wildman–Crippen LogP) is 3.56. The smallest absolute Gasteiger partial charge is 0.251 e. The predicted molar refractivity (Wildman–Crippen MR) is 110 cm³/mol. The fraction of sp³-hybridized carbons (Fsp3) is 0.636. The van der Waals surface area contributed by atoms with Gasteiger partial charge in [-0.05, 0) is 43.9 Å². The molecular formula is C22H29ClN2O4. The van der Waals surface area contributed by atoms with Crippen LogP contribution in [0.15, 0.2) is 18.2 Å². The molecule has 0 bridgehead atoms. The molecule has 0 spiro atoms. The number of carbonyl (C=O) groups excluding carboxylic acids is 2. The molecule has 0 aromatic heterocycles. The number of amides is 2. The van der Waals surface area contributed by atoms with Crippen molar-refractivity contribution < 1.29 is 19.1 Å². The van der Waals surface area contributed by atoms with E-state index in [9.17, 15) is 9.59 Å². The van der Waals surface area contributed by atoms with E-state index in [0.717, 1.165) is 38.5 Å². The van der Waals surface area contributed by atoms with Gasteiger partial charge in [-0.1, -0.05) is 24.4 Å². The highest BCUT2D eigenvalue weighted by molar-refractivity contribution is 6.32. The number of piperidine rings is 1. The summed E-state index contributed by atoms with van der Waals surface area (Å²) in [5.74, 6) is 0.621. The fourth-order valence-electron chi connectivity index (χ4n) is 4.43. The van der Waals surface area contributed by atoms with Crippen LogP contribution in [0.2, 0.25) is 5.02 Å². The first-order valence-electron chi connectivity index (χ1n) is 10.8. The summed E-state index contributed by atoms with van der Waals surface area (Å²) in [5, 5.41) is 3.52. The van der Waals surface area contributed by atoms with Crippen molar-refractivity contribution in [1.82, 2.24) is 10.2 Å². The molecule has 1 N–H and O–H groups in total. The van der Waals surface area contributed by atoms with Crippen molar-refractivity contribution in [3.63, 3.8) is 0 Å². The van der Waals surface area contributed by atoms with Crippen LogP contribution in [0.1, 0.15) is 61.7 Å². The monoisotopic (exact) mass is 420 g/mol. The van der Waals surface area contributed by atoms with E-state index in [1.54, 1.807) is 18.2 Å². The number of rotatable bonds is 5. The SMILES string of the molecule is O=C(NC1CCCC1)c1ccc(OC2CCN(C(=O)[C@@H]3CCCO3)CC2)c(Cl)c1. The lowest BCUT2D eigenvalue weighted by Gasteiger charge is -2.33. The minimum absolute atomic E-state index is 0.0132. The van der Waals surface area contributed by atoms with Crippen LogP contribution in [0.3, 0.4) is 0 Å². The van der Waals surface area contributed by atoms with Gasteiger partial charge in [-0.3, -0.25) is 9.59 Å². The molecule has 2 heterocycles. The molecule has 1 aliphatic carbocycles. The van der Waals surface area contributed by atoms with Gasteiger partial charge >= 0.3 is 0 Å². The lowest BCUT2D eigenvalue weighted by atomic mass is 10.1. The van der Waals surface area contributed by atoms with Gasteiger partial charge in [0.15, 0.2) is 0 Å². The second-order valence-corrected chi connectivity index (χ2v) is 8.65. The van der Waals surface area contributed by atoms with Gasteiger partial charge in [0.25, 0.3) is 11.8 Å². The third-order valence-corrected chi connectivity index (χ3v) is 6.43. The molecule has 7 heteroatoms. The first kappa shape index (κ1) is 20.5. The quantitative estimate of drug-likeness (QED) is 0.790. The van der Waals surface area contributed by atoms with E-state index in [2.05, 4.69) is 5.32 Å². The zero-order chi connectivity index (χ0) is 20.2. The second-order valence-electron chi connectivity index (χ2n) is 8.24. The van der Waals surface area contributed by atoms with E-state index in [1.807, 2.05) is 4.90 Å². The lowest BCUT2D eigenvalue weighted by molar-refractivity contribution is -0.142. The summed E-state index contributed by atoms with van der Waals surface area (Å²) in [6, 6.07) is 5.49. The highest BCUT2D eigenvalue weighted by Gasteiger charge is 2.31. The van der Waals surface area contributed by atoms with E-state index < -0.39 is 0 Å². The van der Waals surface area contributed by atoms with Crippen LogP contribution in [0, 0.1) is 0 Å². The number of hydrogen-bond acceptors (Lipinski definition) is 4. The Balaban J connectivity index is 1.28. The van der Waals surface area contributed by atoms with E-state index in [4.69, 9.17) is 21.1 Å². The standard InChI is InChI=1S/C22H29ClN2O4/c23-18-14-15(21(26)24-16-4-1-2-5-16)7-8-19(18)29-17-9-11-25(12-10-17)22(27)20-6-3-13-28-20/h7-8,14,16-17,20H,1-6,9-13H2,(H,24,26)/t20-/m0/s1. The molecule has 1 aromatic carbocycles. The Kier molecular flexibility index (Phi) is 6.60. The van der Waals surface area contributed by atoms with Crippen LogP contribution in [-0.2, 0) is 9.53 Å². The molecule has 4 rings (SSSR count). The lowest BCUT2D eigenvalue weighted by Crippen LogP contribution is -2.45. The van der Waals surface area contributed by atoms with Crippen LogP contribution in [0.4, 0.5) is 0 Å². The summed E-state index contributed by atoms with van der Waals surface area (Å²) in [7, 11) is 0. The molecule has 1 aromatic rings. The summed E-state index contributed by atoms with van der Waals surface area (Å²) in [6.07, 6.45) is 7.52. The van der Waals surface area contributed by atoms with Crippen LogP contribution in [0.5, 0.6) is 5.75 Å². The molecular weight excluding hydrogens is 392 g/mol. The summed E-state index contributed by atoms with van der Waals surface area (Å²) in [6.45, 7) is 2.02. The topological polar surface area (TPSA) is 67.9 Å². The highest BCUT2D eigenvalue weighted by Crippen LogP contribution is 2.29. The molecule has 2 aliphatic heterocycles. The molecule has 1 saturated carbocycles. The zero-order valence-electron chi connectivity index (χ0n) is 16.7. The number of likely N-dealkylation sites (tertiary alicyclic amines) is 1. The van der Waals surface area contributed by atoms with Gasteiger partial charge in [-0.25, -0.2) is 0 Å². The van der Waals surface area contributed by atoms with E-state index in [0.29, 0.717) is 36.0 Å². The molecule has 6 nitrogen and oxygen atoms in total. The molecule has 29 heavy (non-hydrogen) atoms. The maximum absolute atomic E-state index is 12.4. The van der Waals surface area contributed by atoms with E-state index in [1.165, 1.54) is 12.8 Å². The van der Waals surface area contributed by atoms with Gasteiger partial charge in [-0.2, -0.15) is 0 Å². The van der Waals surface area contributed by atoms with E-state index in [-0.39, 0.29) is 30.1 Å². The molecule has 1 atom stereocenters. The van der Waals surface area contributed by atoms with E-state index >= 15 is 0 Å². The van der Waals surface area contributed by atoms with Gasteiger partial charge in [0.1, 0.15) is 18.0 Å². The molecule has 2 saturated heterocycles. The number of nitrogens with zero attached hydrogens (tertiary/aromatic N) is 1. The fourth-order valence-corrected chi connectivity index (χ4v) is 4.65. The number of benzene rings is 1. The normalized spacial score (nSPS) is 23.3. The largest absolute Gasteiger partial charge is 0.489 e. The van der Waals surface area contributed by atoms with Crippen molar-refractivity contribution in [2.45, 2.75) is 69.6 Å². The molecule has 2 amide bonds. The average Bonchev–Trinajstić information content (AvgIpc) is 3.44. The van der Waals surface area contributed by atoms with Crippen molar-refractivity contribution in [3.05, 3.63) is 28.8 Å².